The minimum Gasteiger partial charge on any atom is -0.305 e. The lowest BCUT2D eigenvalue weighted by Crippen LogP contribution is -2.19. The zero-order valence-corrected chi connectivity index (χ0v) is 11.3. The molecule has 3 nitrogen and oxygen atoms in total. The van der Waals surface area contributed by atoms with E-state index < -0.39 is 0 Å². The van der Waals surface area contributed by atoms with Gasteiger partial charge in [-0.15, -0.1) is 0 Å². The van der Waals surface area contributed by atoms with Gasteiger partial charge in [-0.2, -0.15) is 0 Å². The van der Waals surface area contributed by atoms with Crippen LogP contribution in [0.1, 0.15) is 30.0 Å². The topological polar surface area (TPSA) is 37.8 Å². The SMILES string of the molecule is Cc1nccc(CN[C@H](C)c2ccccc2Cl)n1. The maximum atomic E-state index is 6.16. The third-order valence-corrected chi connectivity index (χ3v) is 3.14. The molecule has 1 atom stereocenters. The summed E-state index contributed by atoms with van der Waals surface area (Å²) in [5.41, 5.74) is 2.09. The van der Waals surface area contributed by atoms with Gasteiger partial charge >= 0.3 is 0 Å². The molecule has 0 saturated heterocycles. The molecule has 0 radical (unpaired) electrons. The molecule has 94 valence electrons. The Morgan fingerprint density at radius 1 is 1.28 bits per heavy atom. The molecule has 1 aromatic heterocycles. The maximum Gasteiger partial charge on any atom is 0.125 e. The van der Waals surface area contributed by atoms with E-state index in [0.29, 0.717) is 6.54 Å². The highest BCUT2D eigenvalue weighted by Gasteiger charge is 2.08. The van der Waals surface area contributed by atoms with E-state index in [4.69, 9.17) is 11.6 Å². The van der Waals surface area contributed by atoms with Crippen LogP contribution in [-0.2, 0) is 6.54 Å². The summed E-state index contributed by atoms with van der Waals surface area (Å²) in [6, 6.07) is 9.98. The number of nitrogens with one attached hydrogen (secondary N) is 1. The van der Waals surface area contributed by atoms with Crippen molar-refractivity contribution in [3.05, 3.63) is 58.6 Å². The van der Waals surface area contributed by atoms with Gasteiger partial charge in [-0.05, 0) is 31.5 Å². The molecule has 0 fully saturated rings. The van der Waals surface area contributed by atoms with Crippen LogP contribution in [0.5, 0.6) is 0 Å². The van der Waals surface area contributed by atoms with Gasteiger partial charge in [0.05, 0.1) is 5.69 Å². The fraction of sp³-hybridized carbons (Fsp3) is 0.286. The zero-order valence-electron chi connectivity index (χ0n) is 10.5. The number of halogens is 1. The lowest BCUT2D eigenvalue weighted by molar-refractivity contribution is 0.566. The van der Waals surface area contributed by atoms with Gasteiger partial charge < -0.3 is 5.32 Å². The van der Waals surface area contributed by atoms with Crippen molar-refractivity contribution in [2.45, 2.75) is 26.4 Å². The maximum absolute atomic E-state index is 6.16. The Hall–Kier alpha value is -1.45. The molecular formula is C14H16ClN3. The van der Waals surface area contributed by atoms with E-state index in [2.05, 4.69) is 22.2 Å². The monoisotopic (exact) mass is 261 g/mol. The van der Waals surface area contributed by atoms with Crippen LogP contribution >= 0.6 is 11.6 Å². The second-order valence-electron chi connectivity index (χ2n) is 4.22. The first-order valence-corrected chi connectivity index (χ1v) is 6.31. The van der Waals surface area contributed by atoms with Crippen molar-refractivity contribution >= 4 is 11.6 Å². The molecule has 0 bridgehead atoms. The third kappa shape index (κ3) is 3.28. The van der Waals surface area contributed by atoms with Crippen molar-refractivity contribution in [2.24, 2.45) is 0 Å². The van der Waals surface area contributed by atoms with E-state index in [-0.39, 0.29) is 6.04 Å². The summed E-state index contributed by atoms with van der Waals surface area (Å²) in [4.78, 5) is 8.43. The molecular weight excluding hydrogens is 246 g/mol. The Balaban J connectivity index is 2.00. The van der Waals surface area contributed by atoms with Crippen molar-refractivity contribution in [2.75, 3.05) is 0 Å². The van der Waals surface area contributed by atoms with Gasteiger partial charge in [0.15, 0.2) is 0 Å². The molecule has 0 aliphatic heterocycles. The minimum atomic E-state index is 0.189. The van der Waals surface area contributed by atoms with Crippen molar-refractivity contribution in [1.29, 1.82) is 0 Å². The average Bonchev–Trinajstić information content (AvgIpc) is 2.37. The second kappa shape index (κ2) is 5.94. The van der Waals surface area contributed by atoms with Gasteiger partial charge in [-0.1, -0.05) is 29.8 Å². The van der Waals surface area contributed by atoms with E-state index in [1.54, 1.807) is 6.20 Å². The number of aryl methyl sites for hydroxylation is 1. The first-order valence-electron chi connectivity index (χ1n) is 5.93. The highest BCUT2D eigenvalue weighted by Crippen LogP contribution is 2.22. The molecule has 0 spiro atoms. The summed E-state index contributed by atoms with van der Waals surface area (Å²) < 4.78 is 0. The van der Waals surface area contributed by atoms with Crippen LogP contribution < -0.4 is 5.32 Å². The molecule has 0 unspecified atom stereocenters. The molecule has 18 heavy (non-hydrogen) atoms. The van der Waals surface area contributed by atoms with Gasteiger partial charge in [-0.3, -0.25) is 0 Å². The van der Waals surface area contributed by atoms with Crippen molar-refractivity contribution in [3.63, 3.8) is 0 Å². The van der Waals surface area contributed by atoms with Crippen LogP contribution in [0.3, 0.4) is 0 Å². The number of rotatable bonds is 4. The zero-order chi connectivity index (χ0) is 13.0. The van der Waals surface area contributed by atoms with Crippen LogP contribution in [0.4, 0.5) is 0 Å². The van der Waals surface area contributed by atoms with Crippen molar-refractivity contribution in [3.8, 4) is 0 Å². The van der Waals surface area contributed by atoms with Crippen LogP contribution in [-0.4, -0.2) is 9.97 Å². The summed E-state index contributed by atoms with van der Waals surface area (Å²) >= 11 is 6.16. The number of hydrogen-bond acceptors (Lipinski definition) is 3. The summed E-state index contributed by atoms with van der Waals surface area (Å²) in [7, 11) is 0. The van der Waals surface area contributed by atoms with Crippen molar-refractivity contribution in [1.82, 2.24) is 15.3 Å². The normalized spacial score (nSPS) is 12.4. The van der Waals surface area contributed by atoms with E-state index in [0.717, 1.165) is 22.1 Å². The van der Waals surface area contributed by atoms with Crippen LogP contribution in [0, 0.1) is 6.92 Å². The van der Waals surface area contributed by atoms with Crippen LogP contribution in [0.2, 0.25) is 5.02 Å². The van der Waals surface area contributed by atoms with Crippen LogP contribution in [0.15, 0.2) is 36.5 Å². The third-order valence-electron chi connectivity index (χ3n) is 2.79. The molecule has 0 aliphatic carbocycles. The molecule has 0 saturated carbocycles. The second-order valence-corrected chi connectivity index (χ2v) is 4.63. The molecule has 4 heteroatoms. The predicted molar refractivity (Wildman–Crippen MR) is 73.5 cm³/mol. The quantitative estimate of drug-likeness (QED) is 0.918. The van der Waals surface area contributed by atoms with Gasteiger partial charge in [0.2, 0.25) is 0 Å². The molecule has 1 N–H and O–H groups in total. The number of nitrogens with zero attached hydrogens (tertiary/aromatic N) is 2. The van der Waals surface area contributed by atoms with E-state index in [1.165, 1.54) is 0 Å². The van der Waals surface area contributed by atoms with E-state index >= 15 is 0 Å². The molecule has 1 aromatic carbocycles. The smallest absolute Gasteiger partial charge is 0.125 e. The Bertz CT molecular complexity index is 528. The minimum absolute atomic E-state index is 0.189. The molecule has 0 amide bonds. The summed E-state index contributed by atoms with van der Waals surface area (Å²) in [6.07, 6.45) is 1.78. The van der Waals surface area contributed by atoms with Gasteiger partial charge in [-0.25, -0.2) is 9.97 Å². The molecule has 1 heterocycles. The Morgan fingerprint density at radius 3 is 2.78 bits per heavy atom. The van der Waals surface area contributed by atoms with Crippen LogP contribution in [0.25, 0.3) is 0 Å². The van der Waals surface area contributed by atoms with E-state index in [9.17, 15) is 0 Å². The largest absolute Gasteiger partial charge is 0.305 e. The summed E-state index contributed by atoms with van der Waals surface area (Å²) in [6.45, 7) is 4.69. The van der Waals surface area contributed by atoms with Gasteiger partial charge in [0, 0.05) is 23.8 Å². The first kappa shape index (κ1) is 13.0. The Labute approximate surface area is 112 Å². The lowest BCUT2D eigenvalue weighted by Gasteiger charge is -2.15. The lowest BCUT2D eigenvalue weighted by atomic mass is 10.1. The number of benzene rings is 1. The molecule has 2 rings (SSSR count). The van der Waals surface area contributed by atoms with Gasteiger partial charge in [0.25, 0.3) is 0 Å². The highest BCUT2D eigenvalue weighted by atomic mass is 35.5. The fourth-order valence-corrected chi connectivity index (χ4v) is 2.10. The van der Waals surface area contributed by atoms with Crippen molar-refractivity contribution < 1.29 is 0 Å². The summed E-state index contributed by atoms with van der Waals surface area (Å²) in [5.74, 6) is 0.791. The Kier molecular flexibility index (Phi) is 4.28. The van der Waals surface area contributed by atoms with Gasteiger partial charge in [0.1, 0.15) is 5.82 Å². The summed E-state index contributed by atoms with van der Waals surface area (Å²) in [5, 5.41) is 4.20. The highest BCUT2D eigenvalue weighted by molar-refractivity contribution is 6.31. The first-order chi connectivity index (χ1) is 8.66. The fourth-order valence-electron chi connectivity index (χ4n) is 1.80. The van der Waals surface area contributed by atoms with E-state index in [1.807, 2.05) is 37.3 Å². The standard InChI is InChI=1S/C14H16ClN3/c1-10(13-5-3-4-6-14(13)15)17-9-12-7-8-16-11(2)18-12/h3-8,10,17H,9H2,1-2H3/t10-/m1/s1. The molecule has 0 aliphatic rings. The molecule has 2 aromatic rings. The predicted octanol–water partition coefficient (Wildman–Crippen LogP) is 3.29. The number of aromatic nitrogens is 2. The number of hydrogen-bond donors (Lipinski definition) is 1. The average molecular weight is 262 g/mol. The Morgan fingerprint density at radius 2 is 2.06 bits per heavy atom.